The van der Waals surface area contributed by atoms with Crippen LogP contribution in [0, 0.1) is 0 Å². The molecule has 1 fully saturated rings. The van der Waals surface area contributed by atoms with Crippen LogP contribution in [0.15, 0.2) is 24.3 Å². The van der Waals surface area contributed by atoms with Crippen LogP contribution in [0.2, 0.25) is 5.15 Å². The van der Waals surface area contributed by atoms with Crippen molar-refractivity contribution in [3.05, 3.63) is 29.4 Å². The Balaban J connectivity index is 2.08. The Labute approximate surface area is 117 Å². The van der Waals surface area contributed by atoms with Crippen LogP contribution in [0.25, 0.3) is 10.8 Å². The van der Waals surface area contributed by atoms with Crippen LogP contribution in [-0.2, 0) is 0 Å². The van der Waals surface area contributed by atoms with E-state index < -0.39 is 5.60 Å². The number of β-amino-alcohol motifs (C(OH)–C–C–N with tert-alkyl or cyclic N) is 1. The first-order valence-electron chi connectivity index (χ1n) is 6.45. The van der Waals surface area contributed by atoms with Gasteiger partial charge in [0.25, 0.3) is 0 Å². The lowest BCUT2D eigenvalue weighted by atomic mass is 9.95. The van der Waals surface area contributed by atoms with Gasteiger partial charge in [0.15, 0.2) is 11.0 Å². The van der Waals surface area contributed by atoms with E-state index in [4.69, 9.17) is 11.6 Å². The molecule has 1 unspecified atom stereocenters. The summed E-state index contributed by atoms with van der Waals surface area (Å²) in [4.78, 5) is 2.09. The summed E-state index contributed by atoms with van der Waals surface area (Å²) in [6, 6.07) is 7.84. The van der Waals surface area contributed by atoms with Gasteiger partial charge in [-0.2, -0.15) is 0 Å². The second kappa shape index (κ2) is 4.62. The average molecular weight is 278 g/mol. The second-order valence-electron chi connectivity index (χ2n) is 5.38. The molecule has 1 aromatic heterocycles. The van der Waals surface area contributed by atoms with Gasteiger partial charge < -0.3 is 10.0 Å². The third-order valence-corrected chi connectivity index (χ3v) is 3.88. The van der Waals surface area contributed by atoms with Crippen LogP contribution >= 0.6 is 11.6 Å². The Morgan fingerprint density at radius 1 is 1.26 bits per heavy atom. The molecule has 100 valence electrons. The highest BCUT2D eigenvalue weighted by Crippen LogP contribution is 2.31. The highest BCUT2D eigenvalue weighted by atomic mass is 35.5. The lowest BCUT2D eigenvalue weighted by Crippen LogP contribution is -2.46. The summed E-state index contributed by atoms with van der Waals surface area (Å²) in [5, 5.41) is 20.8. The van der Waals surface area contributed by atoms with Gasteiger partial charge in [-0.15, -0.1) is 10.2 Å². The van der Waals surface area contributed by atoms with Gasteiger partial charge in [-0.25, -0.2) is 0 Å². The zero-order valence-corrected chi connectivity index (χ0v) is 11.6. The molecular weight excluding hydrogens is 262 g/mol. The van der Waals surface area contributed by atoms with Gasteiger partial charge in [-0.1, -0.05) is 35.9 Å². The molecule has 2 heterocycles. The number of anilines is 1. The topological polar surface area (TPSA) is 49.2 Å². The van der Waals surface area contributed by atoms with Crippen molar-refractivity contribution in [1.29, 1.82) is 0 Å². The van der Waals surface area contributed by atoms with Crippen molar-refractivity contribution in [2.45, 2.75) is 25.4 Å². The molecule has 0 bridgehead atoms. The fourth-order valence-electron chi connectivity index (χ4n) is 2.69. The van der Waals surface area contributed by atoms with Gasteiger partial charge in [-0.3, -0.25) is 0 Å². The summed E-state index contributed by atoms with van der Waals surface area (Å²) in [6.45, 7) is 3.33. The maximum Gasteiger partial charge on any atom is 0.159 e. The summed E-state index contributed by atoms with van der Waals surface area (Å²) in [5.41, 5.74) is -0.666. The van der Waals surface area contributed by atoms with E-state index in [1.54, 1.807) is 0 Å². The van der Waals surface area contributed by atoms with Gasteiger partial charge in [0.2, 0.25) is 0 Å². The molecule has 0 amide bonds. The number of hydrogen-bond acceptors (Lipinski definition) is 4. The summed E-state index contributed by atoms with van der Waals surface area (Å²) < 4.78 is 0. The number of aromatic nitrogens is 2. The lowest BCUT2D eigenvalue weighted by molar-refractivity contribution is 0.0447. The lowest BCUT2D eigenvalue weighted by Gasteiger charge is -2.37. The van der Waals surface area contributed by atoms with Gasteiger partial charge in [-0.05, 0) is 19.8 Å². The van der Waals surface area contributed by atoms with Crippen LogP contribution in [0.1, 0.15) is 19.8 Å². The minimum atomic E-state index is -0.666. The summed E-state index contributed by atoms with van der Waals surface area (Å²) in [7, 11) is 0. The smallest absolute Gasteiger partial charge is 0.159 e. The number of aliphatic hydroxyl groups is 1. The van der Waals surface area contributed by atoms with E-state index >= 15 is 0 Å². The van der Waals surface area contributed by atoms with Gasteiger partial charge in [0.1, 0.15) is 0 Å². The van der Waals surface area contributed by atoms with E-state index in [1.165, 1.54) is 0 Å². The molecule has 0 aliphatic carbocycles. The normalized spacial score (nSPS) is 23.8. The minimum Gasteiger partial charge on any atom is -0.388 e. The zero-order chi connectivity index (χ0) is 13.5. The molecule has 19 heavy (non-hydrogen) atoms. The van der Waals surface area contributed by atoms with Crippen molar-refractivity contribution in [1.82, 2.24) is 10.2 Å². The summed E-state index contributed by atoms with van der Waals surface area (Å²) in [5.74, 6) is 0.806. The van der Waals surface area contributed by atoms with Gasteiger partial charge in [0.05, 0.1) is 5.60 Å². The maximum atomic E-state index is 10.2. The monoisotopic (exact) mass is 277 g/mol. The predicted octanol–water partition coefficient (Wildman–Crippen LogP) is 2.63. The van der Waals surface area contributed by atoms with E-state index in [2.05, 4.69) is 15.1 Å². The number of benzene rings is 1. The Morgan fingerprint density at radius 3 is 2.74 bits per heavy atom. The summed E-state index contributed by atoms with van der Waals surface area (Å²) >= 11 is 6.08. The van der Waals surface area contributed by atoms with E-state index in [0.29, 0.717) is 11.7 Å². The third kappa shape index (κ3) is 2.38. The van der Waals surface area contributed by atoms with Crippen molar-refractivity contribution >= 4 is 28.2 Å². The van der Waals surface area contributed by atoms with E-state index in [-0.39, 0.29) is 0 Å². The molecule has 5 heteroatoms. The second-order valence-corrected chi connectivity index (χ2v) is 5.74. The van der Waals surface area contributed by atoms with Crippen molar-refractivity contribution < 1.29 is 5.11 Å². The van der Waals surface area contributed by atoms with E-state index in [1.807, 2.05) is 31.2 Å². The third-order valence-electron chi connectivity index (χ3n) is 3.60. The Morgan fingerprint density at radius 2 is 2.00 bits per heavy atom. The van der Waals surface area contributed by atoms with Gasteiger partial charge in [0, 0.05) is 23.9 Å². The summed E-state index contributed by atoms with van der Waals surface area (Å²) in [6.07, 6.45) is 1.77. The van der Waals surface area contributed by atoms with Crippen molar-refractivity contribution in [3.8, 4) is 0 Å². The molecule has 3 rings (SSSR count). The van der Waals surface area contributed by atoms with Crippen LogP contribution in [0.3, 0.4) is 0 Å². The first-order valence-corrected chi connectivity index (χ1v) is 6.83. The van der Waals surface area contributed by atoms with Crippen LogP contribution < -0.4 is 4.90 Å². The van der Waals surface area contributed by atoms with E-state index in [9.17, 15) is 5.11 Å². The number of fused-ring (bicyclic) bond motifs is 1. The number of rotatable bonds is 1. The first kappa shape index (κ1) is 12.6. The minimum absolute atomic E-state index is 0.420. The van der Waals surface area contributed by atoms with Crippen LogP contribution in [0.5, 0.6) is 0 Å². The molecule has 1 aromatic carbocycles. The SMILES string of the molecule is CC1(O)CCCN(c2nnc(Cl)c3ccccc23)C1. The predicted molar refractivity (Wildman–Crippen MR) is 76.6 cm³/mol. The molecule has 1 saturated heterocycles. The zero-order valence-electron chi connectivity index (χ0n) is 10.8. The fraction of sp³-hybridized carbons (Fsp3) is 0.429. The highest BCUT2D eigenvalue weighted by molar-refractivity contribution is 6.34. The van der Waals surface area contributed by atoms with Gasteiger partial charge >= 0.3 is 0 Å². The number of hydrogen-bond donors (Lipinski definition) is 1. The highest BCUT2D eigenvalue weighted by Gasteiger charge is 2.30. The largest absolute Gasteiger partial charge is 0.388 e. The molecule has 4 nitrogen and oxygen atoms in total. The molecule has 1 aliphatic rings. The van der Waals surface area contributed by atoms with E-state index in [0.717, 1.165) is 36.0 Å². The standard InChI is InChI=1S/C14H16ClN3O/c1-14(19)7-4-8-18(9-14)13-11-6-3-2-5-10(11)12(15)16-17-13/h2-3,5-6,19H,4,7-9H2,1H3. The first-order chi connectivity index (χ1) is 9.07. The average Bonchev–Trinajstić information content (AvgIpc) is 2.38. The Bertz CT molecular complexity index is 615. The Hall–Kier alpha value is -1.39. The molecule has 1 atom stereocenters. The van der Waals surface area contributed by atoms with Crippen LogP contribution in [-0.4, -0.2) is 34.0 Å². The Kier molecular flexibility index (Phi) is 3.07. The van der Waals surface area contributed by atoms with Crippen LogP contribution in [0.4, 0.5) is 5.82 Å². The quantitative estimate of drug-likeness (QED) is 0.871. The van der Waals surface area contributed by atoms with Crippen molar-refractivity contribution in [3.63, 3.8) is 0 Å². The molecule has 1 N–H and O–H groups in total. The fourth-order valence-corrected chi connectivity index (χ4v) is 2.89. The number of halogens is 1. The number of piperidine rings is 1. The molecular formula is C14H16ClN3O. The molecule has 0 saturated carbocycles. The molecule has 2 aromatic rings. The maximum absolute atomic E-state index is 10.2. The van der Waals surface area contributed by atoms with Crippen molar-refractivity contribution in [2.75, 3.05) is 18.0 Å². The molecule has 0 spiro atoms. The van der Waals surface area contributed by atoms with Crippen molar-refractivity contribution in [2.24, 2.45) is 0 Å². The molecule has 1 aliphatic heterocycles. The molecule has 0 radical (unpaired) electrons. The number of nitrogens with zero attached hydrogens (tertiary/aromatic N) is 3.